The highest BCUT2D eigenvalue weighted by Gasteiger charge is 2.23. The van der Waals surface area contributed by atoms with E-state index in [0.717, 1.165) is 6.08 Å². The van der Waals surface area contributed by atoms with Crippen molar-refractivity contribution in [3.8, 4) is 0 Å². The molecule has 2 amide bonds. The van der Waals surface area contributed by atoms with Gasteiger partial charge in [-0.1, -0.05) is 12.1 Å². The van der Waals surface area contributed by atoms with Crippen molar-refractivity contribution in [3.05, 3.63) is 41.5 Å². The summed E-state index contributed by atoms with van der Waals surface area (Å²) in [4.78, 5) is 34.4. The zero-order valence-corrected chi connectivity index (χ0v) is 13.0. The van der Waals surface area contributed by atoms with Crippen LogP contribution in [0.5, 0.6) is 0 Å². The number of aliphatic hydroxyl groups is 3. The van der Waals surface area contributed by atoms with Crippen molar-refractivity contribution in [3.63, 3.8) is 0 Å². The van der Waals surface area contributed by atoms with E-state index in [2.05, 4.69) is 10.9 Å². The molecule has 25 heavy (non-hydrogen) atoms. The Morgan fingerprint density at radius 3 is 2.56 bits per heavy atom. The second-order valence-electron chi connectivity index (χ2n) is 4.90. The average Bonchev–Trinajstić information content (AvgIpc) is 2.64. The van der Waals surface area contributed by atoms with Gasteiger partial charge >= 0.3 is 0 Å². The number of hydrogen-bond acceptors (Lipinski definition) is 8. The Balaban J connectivity index is 2.56. The van der Waals surface area contributed by atoms with Crippen LogP contribution in [0.1, 0.15) is 15.9 Å². The normalized spacial score (nSPS) is 13.3. The van der Waals surface area contributed by atoms with Crippen LogP contribution < -0.4 is 16.3 Å². The number of amides is 2. The molecular formula is C15H19N3O7. The van der Waals surface area contributed by atoms with E-state index in [9.17, 15) is 19.5 Å². The number of nitrogens with one attached hydrogen (secondary N) is 3. The third-order valence-corrected chi connectivity index (χ3v) is 3.03. The van der Waals surface area contributed by atoms with Crippen molar-refractivity contribution in [2.24, 2.45) is 0 Å². The van der Waals surface area contributed by atoms with Crippen molar-refractivity contribution < 1.29 is 34.9 Å². The lowest BCUT2D eigenvalue weighted by atomic mass is 10.1. The average molecular weight is 353 g/mol. The minimum absolute atomic E-state index is 0.224. The van der Waals surface area contributed by atoms with Crippen molar-refractivity contribution in [1.29, 1.82) is 0 Å². The second-order valence-corrected chi connectivity index (χ2v) is 4.90. The standard InChI is InChI=1S/C15H19N3O7/c19-8-12(21)14(23)11(20)7-16-17-15(24)10-3-1-2-9(6-10)4-5-13(22)18-25/h1-6,12,14,16,19,21,23,25H,7-8H2,(H,17,24)(H,18,22)/b5-4+/t12-,14+/m1/s1. The molecule has 0 radical (unpaired) electrons. The number of hydrazine groups is 1. The first-order valence-corrected chi connectivity index (χ1v) is 7.14. The van der Waals surface area contributed by atoms with Gasteiger partial charge in [0, 0.05) is 11.6 Å². The van der Waals surface area contributed by atoms with Crippen LogP contribution in [0.2, 0.25) is 0 Å². The molecule has 136 valence electrons. The number of Topliss-reactive ketones (excluding diaryl/α,β-unsaturated/α-hetero) is 1. The summed E-state index contributed by atoms with van der Waals surface area (Å²) >= 11 is 0. The summed E-state index contributed by atoms with van der Waals surface area (Å²) in [6.45, 7) is -1.23. The van der Waals surface area contributed by atoms with E-state index in [1.807, 2.05) is 0 Å². The molecule has 0 spiro atoms. The summed E-state index contributed by atoms with van der Waals surface area (Å²) in [6.07, 6.45) is -0.904. The number of benzene rings is 1. The minimum Gasteiger partial charge on any atom is -0.394 e. The van der Waals surface area contributed by atoms with E-state index < -0.39 is 43.0 Å². The lowest BCUT2D eigenvalue weighted by molar-refractivity contribution is -0.133. The number of hydrogen-bond donors (Lipinski definition) is 7. The Kier molecular flexibility index (Phi) is 8.39. The van der Waals surface area contributed by atoms with Gasteiger partial charge in [-0.3, -0.25) is 25.0 Å². The number of rotatable bonds is 9. The Morgan fingerprint density at radius 2 is 1.92 bits per heavy atom. The first-order chi connectivity index (χ1) is 11.9. The number of carbonyl (C=O) groups excluding carboxylic acids is 3. The van der Waals surface area contributed by atoms with Gasteiger partial charge in [-0.15, -0.1) is 0 Å². The van der Waals surface area contributed by atoms with Crippen molar-refractivity contribution in [2.75, 3.05) is 13.2 Å². The van der Waals surface area contributed by atoms with Crippen LogP contribution in [0.15, 0.2) is 30.3 Å². The van der Waals surface area contributed by atoms with E-state index in [0.29, 0.717) is 5.56 Å². The number of hydroxylamine groups is 1. The minimum atomic E-state index is -1.76. The maximum absolute atomic E-state index is 12.0. The Morgan fingerprint density at radius 1 is 1.20 bits per heavy atom. The molecule has 0 fully saturated rings. The summed E-state index contributed by atoms with van der Waals surface area (Å²) in [5, 5.41) is 35.5. The lowest BCUT2D eigenvalue weighted by Gasteiger charge is -2.14. The van der Waals surface area contributed by atoms with Gasteiger partial charge in [0.15, 0.2) is 5.78 Å². The molecule has 7 N–H and O–H groups in total. The Labute approximate surface area is 142 Å². The molecule has 2 atom stereocenters. The van der Waals surface area contributed by atoms with Crippen molar-refractivity contribution in [2.45, 2.75) is 12.2 Å². The van der Waals surface area contributed by atoms with Crippen molar-refractivity contribution >= 4 is 23.7 Å². The predicted molar refractivity (Wildman–Crippen MR) is 85.0 cm³/mol. The van der Waals surface area contributed by atoms with E-state index in [1.54, 1.807) is 12.1 Å². The van der Waals surface area contributed by atoms with Crippen LogP contribution in [0, 0.1) is 0 Å². The lowest BCUT2D eigenvalue weighted by Crippen LogP contribution is -2.46. The van der Waals surface area contributed by atoms with Gasteiger partial charge in [-0.2, -0.15) is 0 Å². The molecule has 1 aromatic rings. The van der Waals surface area contributed by atoms with Gasteiger partial charge in [-0.25, -0.2) is 10.9 Å². The molecule has 10 nitrogen and oxygen atoms in total. The van der Waals surface area contributed by atoms with Gasteiger partial charge in [0.25, 0.3) is 11.8 Å². The van der Waals surface area contributed by atoms with Crippen LogP contribution in [-0.2, 0) is 9.59 Å². The van der Waals surface area contributed by atoms with E-state index in [-0.39, 0.29) is 5.56 Å². The SMILES string of the molecule is O=C(/C=C/c1cccc(C(=O)NNCC(=O)[C@H](O)[C@H](O)CO)c1)NO. The molecule has 0 aliphatic heterocycles. The van der Waals surface area contributed by atoms with Crippen LogP contribution in [0.25, 0.3) is 6.08 Å². The first-order valence-electron chi connectivity index (χ1n) is 7.14. The van der Waals surface area contributed by atoms with Gasteiger partial charge in [0.05, 0.1) is 13.2 Å². The van der Waals surface area contributed by atoms with Crippen LogP contribution in [-0.4, -0.2) is 63.5 Å². The van der Waals surface area contributed by atoms with E-state index in [1.165, 1.54) is 23.7 Å². The zero-order valence-electron chi connectivity index (χ0n) is 13.0. The van der Waals surface area contributed by atoms with E-state index >= 15 is 0 Å². The maximum Gasteiger partial charge on any atom is 0.267 e. The zero-order chi connectivity index (χ0) is 18.8. The number of ketones is 1. The molecule has 1 aromatic carbocycles. The summed E-state index contributed by atoms with van der Waals surface area (Å²) < 4.78 is 0. The van der Waals surface area contributed by atoms with Crippen LogP contribution in [0.4, 0.5) is 0 Å². The molecule has 0 aliphatic rings. The second kappa shape index (κ2) is 10.3. The molecular weight excluding hydrogens is 334 g/mol. The Bertz CT molecular complexity index is 648. The molecule has 0 saturated heterocycles. The highest BCUT2D eigenvalue weighted by Crippen LogP contribution is 2.07. The highest BCUT2D eigenvalue weighted by molar-refractivity contribution is 5.95. The molecule has 1 rings (SSSR count). The molecule has 0 saturated carbocycles. The molecule has 0 aromatic heterocycles. The predicted octanol–water partition coefficient (Wildman–Crippen LogP) is -2.28. The van der Waals surface area contributed by atoms with E-state index in [4.69, 9.17) is 15.4 Å². The largest absolute Gasteiger partial charge is 0.394 e. The van der Waals surface area contributed by atoms with Gasteiger partial charge < -0.3 is 15.3 Å². The molecule has 0 heterocycles. The molecule has 0 unspecified atom stereocenters. The third-order valence-electron chi connectivity index (χ3n) is 3.03. The van der Waals surface area contributed by atoms with Gasteiger partial charge in [0.2, 0.25) is 0 Å². The summed E-state index contributed by atoms with van der Waals surface area (Å²) in [6, 6.07) is 6.15. The van der Waals surface area contributed by atoms with Crippen molar-refractivity contribution in [1.82, 2.24) is 16.3 Å². The fraction of sp³-hybridized carbons (Fsp3) is 0.267. The fourth-order valence-electron chi connectivity index (χ4n) is 1.70. The topological polar surface area (TPSA) is 168 Å². The molecule has 10 heteroatoms. The van der Waals surface area contributed by atoms with Crippen LogP contribution >= 0.6 is 0 Å². The summed E-state index contributed by atoms with van der Waals surface area (Å²) in [7, 11) is 0. The molecule has 0 bridgehead atoms. The maximum atomic E-state index is 12.0. The Hall–Kier alpha value is -2.63. The quantitative estimate of drug-likeness (QED) is 0.148. The molecule has 0 aliphatic carbocycles. The smallest absolute Gasteiger partial charge is 0.267 e. The van der Waals surface area contributed by atoms with Crippen LogP contribution in [0.3, 0.4) is 0 Å². The highest BCUT2D eigenvalue weighted by atomic mass is 16.5. The first kappa shape index (κ1) is 20.4. The fourth-order valence-corrected chi connectivity index (χ4v) is 1.70. The van der Waals surface area contributed by atoms with Gasteiger partial charge in [-0.05, 0) is 23.8 Å². The number of aliphatic hydroxyl groups excluding tert-OH is 3. The monoisotopic (exact) mass is 353 g/mol. The number of carbonyl (C=O) groups is 3. The summed E-state index contributed by atoms with van der Waals surface area (Å²) in [5.41, 5.74) is 6.72. The third kappa shape index (κ3) is 6.79. The summed E-state index contributed by atoms with van der Waals surface area (Å²) in [5.74, 6) is -2.11. The van der Waals surface area contributed by atoms with Gasteiger partial charge in [0.1, 0.15) is 12.2 Å².